The number of piperidine rings is 1. The molecule has 1 heterocycles. The molecule has 8 heteroatoms. The molecule has 3 amide bonds. The van der Waals surface area contributed by atoms with Crippen LogP contribution in [0, 0.1) is 11.7 Å². The summed E-state index contributed by atoms with van der Waals surface area (Å²) in [5.74, 6) is 0.411. The number of carbonyl (C=O) groups is 2. The molecule has 3 rings (SSSR count). The van der Waals surface area contributed by atoms with E-state index in [1.54, 1.807) is 12.1 Å². The van der Waals surface area contributed by atoms with Gasteiger partial charge in [0.25, 0.3) is 5.91 Å². The molecule has 2 unspecified atom stereocenters. The molecule has 30 heavy (non-hydrogen) atoms. The summed E-state index contributed by atoms with van der Waals surface area (Å²) in [6.45, 7) is 2.52. The van der Waals surface area contributed by atoms with Gasteiger partial charge in [0.1, 0.15) is 11.6 Å². The highest BCUT2D eigenvalue weighted by Crippen LogP contribution is 2.29. The molecule has 1 aliphatic heterocycles. The van der Waals surface area contributed by atoms with Crippen LogP contribution < -0.4 is 15.8 Å². The van der Waals surface area contributed by atoms with E-state index in [9.17, 15) is 14.0 Å². The van der Waals surface area contributed by atoms with Gasteiger partial charge in [0, 0.05) is 17.6 Å². The van der Waals surface area contributed by atoms with Crippen LogP contribution in [0.4, 0.5) is 14.9 Å². The van der Waals surface area contributed by atoms with E-state index in [-0.39, 0.29) is 24.4 Å². The molecule has 2 aromatic rings. The molecular weight excluding hydrogens is 409 g/mol. The highest BCUT2D eigenvalue weighted by atomic mass is 35.5. The minimum atomic E-state index is -0.745. The Balaban J connectivity index is 1.54. The number of primary amides is 1. The van der Waals surface area contributed by atoms with Gasteiger partial charge in [-0.1, -0.05) is 23.7 Å². The zero-order valence-corrected chi connectivity index (χ0v) is 17.5. The fourth-order valence-electron chi connectivity index (χ4n) is 3.86. The van der Waals surface area contributed by atoms with Crippen LogP contribution in [0.3, 0.4) is 0 Å². The number of nitrogens with two attached hydrogens (primary N) is 1. The Morgan fingerprint density at radius 3 is 2.67 bits per heavy atom. The number of amides is 3. The summed E-state index contributed by atoms with van der Waals surface area (Å²) in [7, 11) is 0. The lowest BCUT2D eigenvalue weighted by atomic mass is 9.86. The van der Waals surface area contributed by atoms with Crippen molar-refractivity contribution in [3.05, 3.63) is 58.9 Å². The number of nitrogens with zero attached hydrogens (tertiary/aromatic N) is 1. The van der Waals surface area contributed by atoms with Crippen molar-refractivity contribution in [2.24, 2.45) is 11.7 Å². The molecule has 0 radical (unpaired) electrons. The lowest BCUT2D eigenvalue weighted by Crippen LogP contribution is -2.46. The number of anilines is 1. The van der Waals surface area contributed by atoms with Crippen molar-refractivity contribution in [2.45, 2.75) is 32.2 Å². The monoisotopic (exact) mass is 433 g/mol. The maximum Gasteiger partial charge on any atom is 0.316 e. The number of hydrogen-bond donors (Lipinski definition) is 2. The second-order valence-corrected chi connectivity index (χ2v) is 8.01. The molecule has 0 aromatic heterocycles. The van der Waals surface area contributed by atoms with Crippen molar-refractivity contribution in [2.75, 3.05) is 18.5 Å². The fourth-order valence-corrected chi connectivity index (χ4v) is 4.03. The zero-order chi connectivity index (χ0) is 21.7. The summed E-state index contributed by atoms with van der Waals surface area (Å²) >= 11 is 5.94. The summed E-state index contributed by atoms with van der Waals surface area (Å²) < 4.78 is 18.7. The third-order valence-electron chi connectivity index (χ3n) is 5.29. The number of urea groups is 1. The van der Waals surface area contributed by atoms with E-state index in [4.69, 9.17) is 22.1 Å². The van der Waals surface area contributed by atoms with Crippen molar-refractivity contribution in [1.82, 2.24) is 4.90 Å². The van der Waals surface area contributed by atoms with Gasteiger partial charge in [-0.15, -0.1) is 0 Å². The summed E-state index contributed by atoms with van der Waals surface area (Å²) in [5.41, 5.74) is 6.59. The van der Waals surface area contributed by atoms with E-state index < -0.39 is 6.03 Å². The van der Waals surface area contributed by atoms with Gasteiger partial charge in [-0.25, -0.2) is 9.18 Å². The number of benzene rings is 2. The van der Waals surface area contributed by atoms with Gasteiger partial charge in [-0.2, -0.15) is 0 Å². The maximum absolute atomic E-state index is 13.1. The quantitative estimate of drug-likeness (QED) is 0.715. The van der Waals surface area contributed by atoms with E-state index in [1.165, 1.54) is 18.2 Å². The molecule has 160 valence electrons. The van der Waals surface area contributed by atoms with Gasteiger partial charge in [-0.05, 0) is 68.0 Å². The average Bonchev–Trinajstić information content (AvgIpc) is 2.68. The number of carbonyl (C=O) groups excluding carboxylic acids is 2. The first-order valence-corrected chi connectivity index (χ1v) is 10.2. The molecule has 0 saturated carbocycles. The molecule has 0 spiro atoms. The molecular formula is C22H25ClFN3O3. The highest BCUT2D eigenvalue weighted by molar-refractivity contribution is 6.31. The average molecular weight is 434 g/mol. The number of hydrogen-bond acceptors (Lipinski definition) is 3. The highest BCUT2D eigenvalue weighted by Gasteiger charge is 2.29. The van der Waals surface area contributed by atoms with E-state index in [0.717, 1.165) is 24.8 Å². The third-order valence-corrected chi connectivity index (χ3v) is 5.53. The molecule has 1 saturated heterocycles. The summed E-state index contributed by atoms with van der Waals surface area (Å²) in [6.07, 6.45) is 2.62. The minimum Gasteiger partial charge on any atom is -0.482 e. The number of ether oxygens (including phenoxy) is 1. The van der Waals surface area contributed by atoms with Crippen molar-refractivity contribution < 1.29 is 18.7 Å². The van der Waals surface area contributed by atoms with E-state index >= 15 is 0 Å². The third kappa shape index (κ3) is 5.86. The Morgan fingerprint density at radius 2 is 2.00 bits per heavy atom. The molecule has 1 fully saturated rings. The van der Waals surface area contributed by atoms with Gasteiger partial charge in [0.05, 0.1) is 5.69 Å². The van der Waals surface area contributed by atoms with Crippen LogP contribution in [-0.2, 0) is 11.2 Å². The summed E-state index contributed by atoms with van der Waals surface area (Å²) in [4.78, 5) is 25.7. The predicted octanol–water partition coefficient (Wildman–Crippen LogP) is 4.22. The van der Waals surface area contributed by atoms with Gasteiger partial charge >= 0.3 is 6.03 Å². The Hall–Kier alpha value is -2.80. The Morgan fingerprint density at radius 1 is 1.27 bits per heavy atom. The molecule has 0 aliphatic carbocycles. The number of rotatable bonds is 6. The summed E-state index contributed by atoms with van der Waals surface area (Å²) in [5, 5.41) is 2.85. The zero-order valence-electron chi connectivity index (χ0n) is 16.7. The molecule has 1 aliphatic rings. The van der Waals surface area contributed by atoms with Crippen molar-refractivity contribution in [1.29, 1.82) is 0 Å². The van der Waals surface area contributed by atoms with Gasteiger partial charge < -0.3 is 20.7 Å². The van der Waals surface area contributed by atoms with Crippen LogP contribution in [0.15, 0.2) is 42.5 Å². The largest absolute Gasteiger partial charge is 0.482 e. The summed E-state index contributed by atoms with van der Waals surface area (Å²) in [6, 6.07) is 10.6. The second kappa shape index (κ2) is 9.80. The van der Waals surface area contributed by atoms with Crippen LogP contribution in [0.2, 0.25) is 5.02 Å². The standard InChI is InChI=1S/C22H25ClFN3O3/c1-14-10-16(11-15-2-5-18(24)6-3-15)8-9-27(14)21(28)13-30-20-7-4-17(23)12-19(20)26-22(25)29/h2-7,12,14,16H,8-11,13H2,1H3,(H3,25,26,29). The first-order chi connectivity index (χ1) is 14.3. The van der Waals surface area contributed by atoms with Gasteiger partial charge in [-0.3, -0.25) is 4.79 Å². The number of nitrogens with one attached hydrogen (secondary N) is 1. The molecule has 2 aromatic carbocycles. The van der Waals surface area contributed by atoms with Crippen LogP contribution >= 0.6 is 11.6 Å². The van der Waals surface area contributed by atoms with Gasteiger partial charge in [0.15, 0.2) is 6.61 Å². The Bertz CT molecular complexity index is 907. The van der Waals surface area contributed by atoms with Crippen LogP contribution in [0.25, 0.3) is 0 Å². The van der Waals surface area contributed by atoms with Crippen molar-refractivity contribution in [3.8, 4) is 5.75 Å². The second-order valence-electron chi connectivity index (χ2n) is 7.58. The smallest absolute Gasteiger partial charge is 0.316 e. The Labute approximate surface area is 180 Å². The van der Waals surface area contributed by atoms with Gasteiger partial charge in [0.2, 0.25) is 0 Å². The van der Waals surface area contributed by atoms with Crippen LogP contribution in [-0.4, -0.2) is 36.0 Å². The molecule has 3 N–H and O–H groups in total. The lowest BCUT2D eigenvalue weighted by molar-refractivity contribution is -0.137. The first-order valence-electron chi connectivity index (χ1n) is 9.84. The number of likely N-dealkylation sites (tertiary alicyclic amines) is 1. The number of halogens is 2. The van der Waals surface area contributed by atoms with E-state index in [2.05, 4.69) is 5.32 Å². The predicted molar refractivity (Wildman–Crippen MR) is 114 cm³/mol. The topological polar surface area (TPSA) is 84.7 Å². The van der Waals surface area contributed by atoms with E-state index in [1.807, 2.05) is 24.0 Å². The van der Waals surface area contributed by atoms with E-state index in [0.29, 0.717) is 28.9 Å². The van der Waals surface area contributed by atoms with Crippen LogP contribution in [0.5, 0.6) is 5.75 Å². The van der Waals surface area contributed by atoms with Crippen molar-refractivity contribution in [3.63, 3.8) is 0 Å². The maximum atomic E-state index is 13.1. The first kappa shape index (κ1) is 21.9. The Kier molecular flexibility index (Phi) is 7.15. The molecule has 2 atom stereocenters. The lowest BCUT2D eigenvalue weighted by Gasteiger charge is -2.37. The molecule has 6 nitrogen and oxygen atoms in total. The van der Waals surface area contributed by atoms with Crippen molar-refractivity contribution >= 4 is 29.2 Å². The van der Waals surface area contributed by atoms with Crippen LogP contribution in [0.1, 0.15) is 25.3 Å². The normalized spacial score (nSPS) is 18.7. The SMILES string of the molecule is CC1CC(Cc2ccc(F)cc2)CCN1C(=O)COc1ccc(Cl)cc1NC(N)=O. The molecule has 0 bridgehead atoms. The fraction of sp³-hybridized carbons (Fsp3) is 0.364. The minimum absolute atomic E-state index is 0.0775.